The predicted molar refractivity (Wildman–Crippen MR) is 119 cm³/mol. The molecule has 1 aliphatic heterocycles. The fraction of sp³-hybridized carbons (Fsp3) is 0.348. The van der Waals surface area contributed by atoms with Crippen molar-refractivity contribution in [2.75, 3.05) is 13.1 Å². The number of amides is 3. The highest BCUT2D eigenvalue weighted by atomic mass is 32.2. The number of carbonyl (C=O) groups is 3. The van der Waals surface area contributed by atoms with E-state index in [2.05, 4.69) is 5.32 Å². The highest BCUT2D eigenvalue weighted by molar-refractivity contribution is 7.90. The Morgan fingerprint density at radius 2 is 1.76 bits per heavy atom. The van der Waals surface area contributed by atoms with Gasteiger partial charge in [-0.1, -0.05) is 38.1 Å². The summed E-state index contributed by atoms with van der Waals surface area (Å²) < 4.78 is 39.6. The first-order valence-corrected chi connectivity index (χ1v) is 12.1. The fourth-order valence-corrected chi connectivity index (χ4v) is 5.19. The van der Waals surface area contributed by atoms with Crippen molar-refractivity contribution < 1.29 is 27.2 Å². The van der Waals surface area contributed by atoms with Crippen LogP contribution < -0.4 is 5.32 Å². The van der Waals surface area contributed by atoms with Gasteiger partial charge in [-0.15, -0.1) is 0 Å². The number of fused-ring (bicyclic) bond motifs is 1. The second kappa shape index (κ2) is 10.1. The molecule has 8 nitrogen and oxygen atoms in total. The van der Waals surface area contributed by atoms with Crippen LogP contribution in [0.2, 0.25) is 0 Å². The molecule has 2 aromatic rings. The highest BCUT2D eigenvalue weighted by Gasteiger charge is 2.43. The van der Waals surface area contributed by atoms with E-state index in [9.17, 15) is 27.2 Å². The van der Waals surface area contributed by atoms with Crippen LogP contribution in [0.5, 0.6) is 0 Å². The molecule has 1 N–H and O–H groups in total. The Labute approximate surface area is 192 Å². The van der Waals surface area contributed by atoms with Gasteiger partial charge in [0, 0.05) is 13.1 Å². The maximum atomic E-state index is 13.3. The van der Waals surface area contributed by atoms with E-state index in [0.29, 0.717) is 22.8 Å². The van der Waals surface area contributed by atoms with E-state index in [-0.39, 0.29) is 29.3 Å². The van der Waals surface area contributed by atoms with Crippen molar-refractivity contribution in [2.45, 2.75) is 44.2 Å². The minimum Gasteiger partial charge on any atom is -0.354 e. The summed E-state index contributed by atoms with van der Waals surface area (Å²) in [6.45, 7) is 3.25. The number of nitrogens with zero attached hydrogens (tertiary/aromatic N) is 2. The monoisotopic (exact) mass is 475 g/mol. The number of carbonyl (C=O) groups excluding carboxylic acids is 3. The summed E-state index contributed by atoms with van der Waals surface area (Å²) in [5.41, 5.74) is 0.563. The van der Waals surface area contributed by atoms with Crippen LogP contribution in [0.4, 0.5) is 4.39 Å². The summed E-state index contributed by atoms with van der Waals surface area (Å²) in [4.78, 5) is 39.9. The van der Waals surface area contributed by atoms with Gasteiger partial charge in [-0.2, -0.15) is 0 Å². The number of benzene rings is 2. The van der Waals surface area contributed by atoms with Crippen molar-refractivity contribution in [3.8, 4) is 0 Å². The number of halogens is 1. The van der Waals surface area contributed by atoms with Crippen molar-refractivity contribution in [1.82, 2.24) is 14.5 Å². The molecule has 3 rings (SSSR count). The smallest absolute Gasteiger partial charge is 0.269 e. The van der Waals surface area contributed by atoms with E-state index >= 15 is 0 Å². The zero-order chi connectivity index (χ0) is 24.2. The molecule has 0 aromatic heterocycles. The SMILES string of the molecule is CCCNC(=O)[C@H](CC)N(Cc1ccc(F)cc1)C(=O)CN1C(=O)c2ccccc2S1(=O)=O. The van der Waals surface area contributed by atoms with Crippen molar-refractivity contribution in [3.05, 3.63) is 65.5 Å². The van der Waals surface area contributed by atoms with E-state index in [1.807, 2.05) is 6.92 Å². The first-order chi connectivity index (χ1) is 15.7. The Hall–Kier alpha value is -3.27. The van der Waals surface area contributed by atoms with Crippen molar-refractivity contribution in [1.29, 1.82) is 0 Å². The normalized spacial score (nSPS) is 15.1. The van der Waals surface area contributed by atoms with Crippen LogP contribution >= 0.6 is 0 Å². The first-order valence-electron chi connectivity index (χ1n) is 10.7. The maximum absolute atomic E-state index is 13.3. The van der Waals surface area contributed by atoms with Crippen LogP contribution in [0.3, 0.4) is 0 Å². The molecule has 10 heteroatoms. The van der Waals surface area contributed by atoms with Crippen molar-refractivity contribution in [2.24, 2.45) is 0 Å². The van der Waals surface area contributed by atoms with E-state index < -0.39 is 40.2 Å². The lowest BCUT2D eigenvalue weighted by atomic mass is 10.1. The number of nitrogens with one attached hydrogen (secondary N) is 1. The van der Waals surface area contributed by atoms with Crippen LogP contribution in [0.1, 0.15) is 42.6 Å². The standard InChI is InChI=1S/C23H26FN3O5S/c1-3-13-25-22(29)19(4-2)26(14-16-9-11-17(24)12-10-16)21(28)15-27-23(30)18-7-5-6-8-20(18)33(27,31)32/h5-12,19H,3-4,13-15H2,1-2H3,(H,25,29)/t19-/m0/s1. The van der Waals surface area contributed by atoms with Crippen LogP contribution in [0.25, 0.3) is 0 Å². The lowest BCUT2D eigenvalue weighted by Crippen LogP contribution is -2.52. The summed E-state index contributed by atoms with van der Waals surface area (Å²) in [6.07, 6.45) is 0.969. The van der Waals surface area contributed by atoms with E-state index in [1.54, 1.807) is 13.0 Å². The summed E-state index contributed by atoms with van der Waals surface area (Å²) >= 11 is 0. The molecular weight excluding hydrogens is 449 g/mol. The molecular formula is C23H26FN3O5S. The second-order valence-corrected chi connectivity index (χ2v) is 9.51. The largest absolute Gasteiger partial charge is 0.354 e. The Bertz CT molecular complexity index is 1150. The number of sulfonamides is 1. The van der Waals surface area contributed by atoms with E-state index in [4.69, 9.17) is 0 Å². The highest BCUT2D eigenvalue weighted by Crippen LogP contribution is 2.30. The topological polar surface area (TPSA) is 104 Å². The van der Waals surface area contributed by atoms with Gasteiger partial charge in [0.1, 0.15) is 23.3 Å². The third-order valence-electron chi connectivity index (χ3n) is 5.39. The molecule has 0 bridgehead atoms. The number of rotatable bonds is 9. The Morgan fingerprint density at radius 1 is 1.09 bits per heavy atom. The molecule has 0 saturated heterocycles. The van der Waals surface area contributed by atoms with E-state index in [1.165, 1.54) is 47.4 Å². The van der Waals surface area contributed by atoms with Crippen LogP contribution in [-0.2, 0) is 26.2 Å². The lowest BCUT2D eigenvalue weighted by Gasteiger charge is -2.31. The zero-order valence-electron chi connectivity index (χ0n) is 18.5. The lowest BCUT2D eigenvalue weighted by molar-refractivity contribution is -0.141. The average Bonchev–Trinajstić information content (AvgIpc) is 2.99. The third-order valence-corrected chi connectivity index (χ3v) is 7.18. The molecule has 0 aliphatic carbocycles. The molecule has 1 aliphatic rings. The van der Waals surface area contributed by atoms with Gasteiger partial charge in [-0.25, -0.2) is 17.1 Å². The van der Waals surface area contributed by atoms with Gasteiger partial charge in [0.05, 0.1) is 5.56 Å². The van der Waals surface area contributed by atoms with Gasteiger partial charge in [-0.05, 0) is 42.7 Å². The van der Waals surface area contributed by atoms with Crippen molar-refractivity contribution >= 4 is 27.7 Å². The summed E-state index contributed by atoms with van der Waals surface area (Å²) in [6, 6.07) is 10.3. The molecule has 33 heavy (non-hydrogen) atoms. The number of hydrogen-bond acceptors (Lipinski definition) is 5. The minimum atomic E-state index is -4.18. The van der Waals surface area contributed by atoms with Gasteiger partial charge in [0.15, 0.2) is 0 Å². The first kappa shape index (κ1) is 24.4. The Balaban J connectivity index is 1.91. The molecule has 1 atom stereocenters. The van der Waals surface area contributed by atoms with Crippen LogP contribution in [0.15, 0.2) is 53.4 Å². The molecule has 0 saturated carbocycles. The molecule has 3 amide bonds. The zero-order valence-corrected chi connectivity index (χ0v) is 19.3. The second-order valence-electron chi connectivity index (χ2n) is 7.68. The maximum Gasteiger partial charge on any atom is 0.269 e. The van der Waals surface area contributed by atoms with Crippen LogP contribution in [0, 0.1) is 5.82 Å². The van der Waals surface area contributed by atoms with Gasteiger partial charge >= 0.3 is 0 Å². The summed E-state index contributed by atoms with van der Waals surface area (Å²) in [5, 5.41) is 2.75. The number of hydrogen-bond donors (Lipinski definition) is 1. The fourth-order valence-electron chi connectivity index (χ4n) is 3.67. The van der Waals surface area contributed by atoms with Gasteiger partial charge in [0.25, 0.3) is 15.9 Å². The Kier molecular flexibility index (Phi) is 7.47. The van der Waals surface area contributed by atoms with Gasteiger partial charge < -0.3 is 10.2 Å². The average molecular weight is 476 g/mol. The third kappa shape index (κ3) is 5.05. The van der Waals surface area contributed by atoms with Gasteiger partial charge in [-0.3, -0.25) is 14.4 Å². The van der Waals surface area contributed by atoms with Gasteiger partial charge in [0.2, 0.25) is 11.8 Å². The molecule has 176 valence electrons. The molecule has 2 aromatic carbocycles. The quantitative estimate of drug-likeness (QED) is 0.599. The van der Waals surface area contributed by atoms with Crippen molar-refractivity contribution in [3.63, 3.8) is 0 Å². The summed E-state index contributed by atoms with van der Waals surface area (Å²) in [7, 11) is -4.18. The molecule has 0 radical (unpaired) electrons. The van der Waals surface area contributed by atoms with E-state index in [0.717, 1.165) is 0 Å². The summed E-state index contributed by atoms with van der Waals surface area (Å²) in [5.74, 6) is -2.32. The molecule has 0 fully saturated rings. The molecule has 0 spiro atoms. The Morgan fingerprint density at radius 3 is 2.36 bits per heavy atom. The molecule has 1 heterocycles. The minimum absolute atomic E-state index is 0.00288. The molecule has 0 unspecified atom stereocenters. The predicted octanol–water partition coefficient (Wildman–Crippen LogP) is 2.30. The van der Waals surface area contributed by atoms with Crippen LogP contribution in [-0.4, -0.2) is 54.5 Å².